The van der Waals surface area contributed by atoms with Crippen LogP contribution in [0.3, 0.4) is 0 Å². The van der Waals surface area contributed by atoms with Crippen molar-refractivity contribution in [3.05, 3.63) is 29.6 Å². The Labute approximate surface area is 126 Å². The lowest BCUT2D eigenvalue weighted by molar-refractivity contribution is -0.187. The highest BCUT2D eigenvalue weighted by atomic mass is 32.2. The van der Waals surface area contributed by atoms with Crippen LogP contribution in [-0.2, 0) is 10.0 Å². The Kier molecular flexibility index (Phi) is 4.81. The Morgan fingerprint density at radius 2 is 1.82 bits per heavy atom. The van der Waals surface area contributed by atoms with Crippen LogP contribution >= 0.6 is 0 Å². The first kappa shape index (κ1) is 17.2. The third kappa shape index (κ3) is 3.78. The molecule has 0 heterocycles. The molecule has 1 aromatic rings. The molecule has 3 nitrogen and oxygen atoms in total. The standard InChI is InChI=1S/C14H17F4NO2S/c1-9-6-7-10(15)8-13(9)22(20,21)19-12-5-3-2-4-11(12)14(16,17)18/h6-8,11-12,19H,2-5H2,1H3/t11-,12+/m0/s1. The molecule has 0 aromatic heterocycles. The molecule has 22 heavy (non-hydrogen) atoms. The van der Waals surface area contributed by atoms with Crippen molar-refractivity contribution in [2.24, 2.45) is 5.92 Å². The van der Waals surface area contributed by atoms with Crippen LogP contribution in [-0.4, -0.2) is 20.6 Å². The quantitative estimate of drug-likeness (QED) is 0.857. The fraction of sp³-hybridized carbons (Fsp3) is 0.571. The van der Waals surface area contributed by atoms with Crippen LogP contribution in [0.15, 0.2) is 23.1 Å². The molecule has 0 unspecified atom stereocenters. The van der Waals surface area contributed by atoms with E-state index in [0.29, 0.717) is 12.8 Å². The summed E-state index contributed by atoms with van der Waals surface area (Å²) in [4.78, 5) is -0.320. The molecule has 124 valence electrons. The molecule has 0 spiro atoms. The van der Waals surface area contributed by atoms with Gasteiger partial charge in [-0.25, -0.2) is 17.5 Å². The highest BCUT2D eigenvalue weighted by Gasteiger charge is 2.46. The van der Waals surface area contributed by atoms with Gasteiger partial charge in [0.15, 0.2) is 0 Å². The Hall–Kier alpha value is -1.15. The molecule has 2 atom stereocenters. The molecule has 1 aliphatic carbocycles. The Morgan fingerprint density at radius 1 is 1.18 bits per heavy atom. The fourth-order valence-corrected chi connectivity index (χ4v) is 4.36. The number of alkyl halides is 3. The SMILES string of the molecule is Cc1ccc(F)cc1S(=O)(=O)N[C@@H]1CCCC[C@@H]1C(F)(F)F. The smallest absolute Gasteiger partial charge is 0.207 e. The van der Waals surface area contributed by atoms with Crippen LogP contribution in [0.2, 0.25) is 0 Å². The molecular weight excluding hydrogens is 322 g/mol. The van der Waals surface area contributed by atoms with Crippen molar-refractivity contribution >= 4 is 10.0 Å². The van der Waals surface area contributed by atoms with Crippen LogP contribution in [0, 0.1) is 18.7 Å². The van der Waals surface area contributed by atoms with Gasteiger partial charge in [0.1, 0.15) is 5.82 Å². The molecular formula is C14H17F4NO2S. The molecule has 1 aromatic carbocycles. The van der Waals surface area contributed by atoms with Crippen LogP contribution in [0.25, 0.3) is 0 Å². The van der Waals surface area contributed by atoms with Gasteiger partial charge in [-0.15, -0.1) is 0 Å². The molecule has 0 bridgehead atoms. The summed E-state index contributed by atoms with van der Waals surface area (Å²) in [6, 6.07) is 2.00. The minimum absolute atomic E-state index is 0.0984. The largest absolute Gasteiger partial charge is 0.393 e. The summed E-state index contributed by atoms with van der Waals surface area (Å²) >= 11 is 0. The zero-order valence-electron chi connectivity index (χ0n) is 12.0. The number of hydrogen-bond donors (Lipinski definition) is 1. The van der Waals surface area contributed by atoms with E-state index in [4.69, 9.17) is 0 Å². The van der Waals surface area contributed by atoms with E-state index in [-0.39, 0.29) is 23.3 Å². The van der Waals surface area contributed by atoms with E-state index in [2.05, 4.69) is 4.72 Å². The topological polar surface area (TPSA) is 46.2 Å². The Balaban J connectivity index is 2.29. The van der Waals surface area contributed by atoms with Gasteiger partial charge in [0, 0.05) is 6.04 Å². The van der Waals surface area contributed by atoms with Crippen LogP contribution < -0.4 is 4.72 Å². The molecule has 1 N–H and O–H groups in total. The van der Waals surface area contributed by atoms with Gasteiger partial charge < -0.3 is 0 Å². The third-order valence-electron chi connectivity index (χ3n) is 3.93. The van der Waals surface area contributed by atoms with Crippen LogP contribution in [0.5, 0.6) is 0 Å². The average Bonchev–Trinajstić information content (AvgIpc) is 2.40. The van der Waals surface area contributed by atoms with Gasteiger partial charge in [0.2, 0.25) is 10.0 Å². The maximum Gasteiger partial charge on any atom is 0.393 e. The van der Waals surface area contributed by atoms with Gasteiger partial charge in [-0.2, -0.15) is 13.2 Å². The van der Waals surface area contributed by atoms with Crippen molar-refractivity contribution in [1.82, 2.24) is 4.72 Å². The van der Waals surface area contributed by atoms with Gasteiger partial charge >= 0.3 is 6.18 Å². The van der Waals surface area contributed by atoms with Crippen LogP contribution in [0.4, 0.5) is 17.6 Å². The van der Waals surface area contributed by atoms with Gasteiger partial charge in [0.25, 0.3) is 0 Å². The lowest BCUT2D eigenvalue weighted by atomic mass is 9.85. The van der Waals surface area contributed by atoms with E-state index in [1.807, 2.05) is 0 Å². The van der Waals surface area contributed by atoms with Crippen molar-refractivity contribution in [1.29, 1.82) is 0 Å². The number of rotatable bonds is 3. The molecule has 0 radical (unpaired) electrons. The summed E-state index contributed by atoms with van der Waals surface area (Å²) in [7, 11) is -4.20. The summed E-state index contributed by atoms with van der Waals surface area (Å²) in [5, 5.41) is 0. The fourth-order valence-electron chi connectivity index (χ4n) is 2.79. The third-order valence-corrected chi connectivity index (χ3v) is 5.56. The molecule has 0 amide bonds. The number of hydrogen-bond acceptors (Lipinski definition) is 2. The molecule has 1 fully saturated rings. The minimum Gasteiger partial charge on any atom is -0.207 e. The lowest BCUT2D eigenvalue weighted by Gasteiger charge is -2.33. The van der Waals surface area contributed by atoms with Crippen molar-refractivity contribution in [2.45, 2.75) is 49.7 Å². The van der Waals surface area contributed by atoms with Gasteiger partial charge in [-0.05, 0) is 37.5 Å². The maximum atomic E-state index is 13.2. The number of halogens is 4. The molecule has 2 rings (SSSR count). The lowest BCUT2D eigenvalue weighted by Crippen LogP contribution is -2.47. The highest BCUT2D eigenvalue weighted by molar-refractivity contribution is 7.89. The Morgan fingerprint density at radius 3 is 2.45 bits per heavy atom. The number of nitrogens with one attached hydrogen (secondary N) is 1. The second-order valence-electron chi connectivity index (χ2n) is 5.57. The summed E-state index contributed by atoms with van der Waals surface area (Å²) in [6.45, 7) is 1.47. The zero-order valence-corrected chi connectivity index (χ0v) is 12.8. The summed E-state index contributed by atoms with van der Waals surface area (Å²) in [5.74, 6) is -2.45. The number of sulfonamides is 1. The zero-order chi connectivity index (χ0) is 16.5. The first-order valence-corrected chi connectivity index (χ1v) is 8.45. The van der Waals surface area contributed by atoms with Crippen LogP contribution in [0.1, 0.15) is 31.2 Å². The summed E-state index contributed by atoms with van der Waals surface area (Å²) < 4.78 is 79.0. The van der Waals surface area contributed by atoms with E-state index in [0.717, 1.165) is 12.1 Å². The van der Waals surface area contributed by atoms with E-state index in [1.165, 1.54) is 13.0 Å². The van der Waals surface area contributed by atoms with Crippen molar-refractivity contribution in [3.8, 4) is 0 Å². The second-order valence-corrected chi connectivity index (χ2v) is 7.25. The molecule has 1 saturated carbocycles. The molecule has 0 aliphatic heterocycles. The van der Waals surface area contributed by atoms with E-state index in [1.54, 1.807) is 0 Å². The predicted molar refractivity (Wildman–Crippen MR) is 73.3 cm³/mol. The van der Waals surface area contributed by atoms with Crippen molar-refractivity contribution in [2.75, 3.05) is 0 Å². The number of benzene rings is 1. The van der Waals surface area contributed by atoms with Gasteiger partial charge in [0.05, 0.1) is 10.8 Å². The first-order valence-electron chi connectivity index (χ1n) is 6.96. The molecule has 0 saturated heterocycles. The second kappa shape index (κ2) is 6.16. The van der Waals surface area contributed by atoms with Crippen molar-refractivity contribution < 1.29 is 26.0 Å². The summed E-state index contributed by atoms with van der Waals surface area (Å²) in [5.41, 5.74) is 0.285. The maximum absolute atomic E-state index is 13.2. The highest BCUT2D eigenvalue weighted by Crippen LogP contribution is 2.38. The normalized spacial score (nSPS) is 23.5. The van der Waals surface area contributed by atoms with Crippen molar-refractivity contribution in [3.63, 3.8) is 0 Å². The number of aryl methyl sites for hydroxylation is 1. The van der Waals surface area contributed by atoms with Gasteiger partial charge in [-0.1, -0.05) is 18.9 Å². The minimum atomic E-state index is -4.45. The molecule has 8 heteroatoms. The predicted octanol–water partition coefficient (Wildman–Crippen LogP) is 3.53. The summed E-state index contributed by atoms with van der Waals surface area (Å²) in [6.07, 6.45) is -3.48. The Bertz CT molecular complexity index is 643. The van der Waals surface area contributed by atoms with E-state index >= 15 is 0 Å². The first-order chi connectivity index (χ1) is 10.1. The van der Waals surface area contributed by atoms with Gasteiger partial charge in [-0.3, -0.25) is 0 Å². The van der Waals surface area contributed by atoms with E-state index in [9.17, 15) is 26.0 Å². The average molecular weight is 339 g/mol. The molecule has 1 aliphatic rings. The van der Waals surface area contributed by atoms with E-state index < -0.39 is 34.0 Å². The monoisotopic (exact) mass is 339 g/mol.